The molecule has 0 amide bonds. The first-order valence-electron chi connectivity index (χ1n) is 9.88. The van der Waals surface area contributed by atoms with Crippen LogP contribution in [-0.4, -0.2) is 4.98 Å². The van der Waals surface area contributed by atoms with Gasteiger partial charge in [-0.25, -0.2) is 0 Å². The normalized spacial score (nSPS) is 13.5. The quantitative estimate of drug-likeness (QED) is 0.442. The van der Waals surface area contributed by atoms with Crippen molar-refractivity contribution in [3.8, 4) is 0 Å². The van der Waals surface area contributed by atoms with Crippen LogP contribution in [0.25, 0.3) is 0 Å². The topological polar surface area (TPSA) is 68.0 Å². The zero-order chi connectivity index (χ0) is 20.8. The molecule has 3 aromatic carbocycles. The van der Waals surface area contributed by atoms with E-state index in [1.54, 1.807) is 12.4 Å². The van der Waals surface area contributed by atoms with Crippen molar-refractivity contribution in [2.75, 3.05) is 0 Å². The van der Waals surface area contributed by atoms with E-state index in [1.807, 2.05) is 103 Å². The van der Waals surface area contributed by atoms with Crippen LogP contribution in [-0.2, 0) is 4.57 Å². The van der Waals surface area contributed by atoms with Crippen molar-refractivity contribution in [3.63, 3.8) is 0 Å². The molecule has 0 bridgehead atoms. The first kappa shape index (κ1) is 20.2. The second-order valence-electron chi connectivity index (χ2n) is 7.11. The third-order valence-electron chi connectivity index (χ3n) is 5.15. The van der Waals surface area contributed by atoms with Crippen molar-refractivity contribution in [1.82, 2.24) is 10.1 Å². The van der Waals surface area contributed by atoms with Crippen LogP contribution in [0.1, 0.15) is 23.2 Å². The summed E-state index contributed by atoms with van der Waals surface area (Å²) in [5, 5.41) is 4.97. The van der Waals surface area contributed by atoms with Gasteiger partial charge in [-0.1, -0.05) is 72.8 Å². The molecule has 5 heteroatoms. The molecule has 0 saturated carbocycles. The van der Waals surface area contributed by atoms with Crippen LogP contribution in [0.5, 0.6) is 0 Å². The van der Waals surface area contributed by atoms with Crippen molar-refractivity contribution in [2.45, 2.75) is 12.1 Å². The zero-order valence-corrected chi connectivity index (χ0v) is 17.4. The zero-order valence-electron chi connectivity index (χ0n) is 16.5. The number of hydrogen-bond donors (Lipinski definition) is 2. The molecule has 150 valence electrons. The summed E-state index contributed by atoms with van der Waals surface area (Å²) in [6, 6.07) is 32.0. The van der Waals surface area contributed by atoms with Crippen LogP contribution < -0.4 is 21.4 Å². The molecule has 0 spiro atoms. The summed E-state index contributed by atoms with van der Waals surface area (Å²) in [6.07, 6.45) is 3.48. The van der Waals surface area contributed by atoms with E-state index in [4.69, 9.17) is 5.73 Å². The highest BCUT2D eigenvalue weighted by Crippen LogP contribution is 2.44. The summed E-state index contributed by atoms with van der Waals surface area (Å²) in [5.41, 5.74) is 8.57. The minimum atomic E-state index is -3.17. The molecule has 4 rings (SSSR count). The van der Waals surface area contributed by atoms with Gasteiger partial charge in [-0.15, -0.1) is 0 Å². The molecule has 1 aromatic heterocycles. The maximum atomic E-state index is 14.6. The second kappa shape index (κ2) is 9.19. The lowest BCUT2D eigenvalue weighted by molar-refractivity contribution is 0.510. The third-order valence-corrected chi connectivity index (χ3v) is 7.84. The molecule has 0 unspecified atom stereocenters. The molecule has 4 nitrogen and oxygen atoms in total. The number of aromatic nitrogens is 1. The van der Waals surface area contributed by atoms with E-state index in [0.717, 1.165) is 21.7 Å². The van der Waals surface area contributed by atoms with Crippen molar-refractivity contribution >= 4 is 17.9 Å². The summed E-state index contributed by atoms with van der Waals surface area (Å²) in [7, 11) is -3.17. The van der Waals surface area contributed by atoms with Crippen LogP contribution in [0, 0.1) is 0 Å². The number of pyridine rings is 1. The van der Waals surface area contributed by atoms with Crippen LogP contribution >= 0.6 is 7.29 Å². The monoisotopic (exact) mass is 413 g/mol. The fourth-order valence-corrected chi connectivity index (χ4v) is 6.04. The maximum absolute atomic E-state index is 14.6. The van der Waals surface area contributed by atoms with E-state index >= 15 is 0 Å². The van der Waals surface area contributed by atoms with E-state index in [0.29, 0.717) is 0 Å². The molecular formula is C25H24N3OP. The summed E-state index contributed by atoms with van der Waals surface area (Å²) < 4.78 is 14.6. The SMILES string of the molecule is N[C@@H](c1cccnc1)[C@H](NP(=O)(c1ccccc1)c1ccccc1)c1ccccc1. The lowest BCUT2D eigenvalue weighted by Gasteiger charge is -2.31. The fourth-order valence-electron chi connectivity index (χ4n) is 3.56. The minimum absolute atomic E-state index is 0.373. The van der Waals surface area contributed by atoms with Gasteiger partial charge in [0.1, 0.15) is 0 Å². The Morgan fingerprint density at radius 3 is 1.70 bits per heavy atom. The molecule has 0 aliphatic rings. The van der Waals surface area contributed by atoms with E-state index < -0.39 is 13.3 Å². The van der Waals surface area contributed by atoms with Gasteiger partial charge in [-0.05, 0) is 41.5 Å². The van der Waals surface area contributed by atoms with Gasteiger partial charge in [0.2, 0.25) is 7.29 Å². The van der Waals surface area contributed by atoms with Crippen molar-refractivity contribution in [2.24, 2.45) is 5.73 Å². The van der Waals surface area contributed by atoms with Gasteiger partial charge < -0.3 is 5.73 Å². The maximum Gasteiger partial charge on any atom is 0.205 e. The van der Waals surface area contributed by atoms with Crippen LogP contribution in [0.3, 0.4) is 0 Å². The predicted octanol–water partition coefficient (Wildman–Crippen LogP) is 4.34. The largest absolute Gasteiger partial charge is 0.322 e. The molecule has 0 radical (unpaired) electrons. The molecule has 30 heavy (non-hydrogen) atoms. The smallest absolute Gasteiger partial charge is 0.205 e. The van der Waals surface area contributed by atoms with Gasteiger partial charge in [-0.3, -0.25) is 14.6 Å². The van der Waals surface area contributed by atoms with Crippen molar-refractivity contribution in [3.05, 3.63) is 127 Å². The first-order valence-corrected chi connectivity index (χ1v) is 11.6. The fraction of sp³-hybridized carbons (Fsp3) is 0.0800. The summed E-state index contributed by atoms with van der Waals surface area (Å²) in [5.74, 6) is 0. The van der Waals surface area contributed by atoms with Crippen LogP contribution in [0.2, 0.25) is 0 Å². The molecule has 2 atom stereocenters. The Labute approximate surface area is 177 Å². The minimum Gasteiger partial charge on any atom is -0.322 e. The molecule has 0 saturated heterocycles. The van der Waals surface area contributed by atoms with Gasteiger partial charge in [0.25, 0.3) is 0 Å². The van der Waals surface area contributed by atoms with E-state index in [1.165, 1.54) is 0 Å². The molecule has 4 aromatic rings. The Morgan fingerprint density at radius 2 is 1.20 bits per heavy atom. The van der Waals surface area contributed by atoms with Gasteiger partial charge in [0.15, 0.2) is 0 Å². The van der Waals surface area contributed by atoms with E-state index in [9.17, 15) is 4.57 Å². The Hall–Kier alpha value is -3.04. The third kappa shape index (κ3) is 4.27. The summed E-state index contributed by atoms with van der Waals surface area (Å²) in [4.78, 5) is 4.22. The first-order chi connectivity index (χ1) is 14.7. The van der Waals surface area contributed by atoms with Gasteiger partial charge in [0.05, 0.1) is 12.1 Å². The Balaban J connectivity index is 1.82. The number of benzene rings is 3. The highest BCUT2D eigenvalue weighted by Gasteiger charge is 2.33. The molecule has 0 fully saturated rings. The number of hydrogen-bond acceptors (Lipinski definition) is 3. The molecule has 0 aliphatic carbocycles. The van der Waals surface area contributed by atoms with E-state index in [2.05, 4.69) is 10.1 Å². The highest BCUT2D eigenvalue weighted by molar-refractivity contribution is 7.76. The number of nitrogens with zero attached hydrogens (tertiary/aromatic N) is 1. The molecule has 1 heterocycles. The predicted molar refractivity (Wildman–Crippen MR) is 123 cm³/mol. The highest BCUT2D eigenvalue weighted by atomic mass is 31.2. The van der Waals surface area contributed by atoms with E-state index in [-0.39, 0.29) is 6.04 Å². The van der Waals surface area contributed by atoms with Crippen LogP contribution in [0.15, 0.2) is 116 Å². The number of nitrogens with two attached hydrogens (primary N) is 1. The standard InChI is InChI=1S/C25H24N3OP/c26-24(21-13-10-18-27-19-21)25(20-11-4-1-5-12-20)28-30(29,22-14-6-2-7-15-22)23-16-8-3-9-17-23/h1-19,24-25H,26H2,(H,28,29)/t24-,25+/m0/s1. The Kier molecular flexibility index (Phi) is 6.20. The Bertz CT molecular complexity index is 1060. The van der Waals surface area contributed by atoms with Crippen molar-refractivity contribution in [1.29, 1.82) is 0 Å². The lowest BCUT2D eigenvalue weighted by Crippen LogP contribution is -2.36. The molecular weight excluding hydrogens is 389 g/mol. The average molecular weight is 413 g/mol. The second-order valence-corrected chi connectivity index (χ2v) is 9.62. The van der Waals surface area contributed by atoms with Crippen LogP contribution in [0.4, 0.5) is 0 Å². The molecule has 3 N–H and O–H groups in total. The van der Waals surface area contributed by atoms with Gasteiger partial charge in [-0.2, -0.15) is 0 Å². The van der Waals surface area contributed by atoms with Gasteiger partial charge in [0, 0.05) is 23.0 Å². The molecule has 0 aliphatic heterocycles. The van der Waals surface area contributed by atoms with Gasteiger partial charge >= 0.3 is 0 Å². The summed E-state index contributed by atoms with van der Waals surface area (Å²) in [6.45, 7) is 0. The lowest BCUT2D eigenvalue weighted by atomic mass is 9.96. The Morgan fingerprint density at radius 1 is 0.700 bits per heavy atom. The van der Waals surface area contributed by atoms with Crippen molar-refractivity contribution < 1.29 is 4.57 Å². The average Bonchev–Trinajstić information content (AvgIpc) is 2.84. The number of rotatable bonds is 7. The number of nitrogens with one attached hydrogen (secondary N) is 1. The summed E-state index contributed by atoms with van der Waals surface area (Å²) >= 11 is 0.